The van der Waals surface area contributed by atoms with E-state index in [4.69, 9.17) is 14.2 Å². The van der Waals surface area contributed by atoms with Crippen LogP contribution in [0.5, 0.6) is 17.2 Å². The van der Waals surface area contributed by atoms with E-state index in [9.17, 15) is 20.0 Å². The van der Waals surface area contributed by atoms with Crippen molar-refractivity contribution in [2.24, 2.45) is 0 Å². The van der Waals surface area contributed by atoms with Crippen molar-refractivity contribution in [1.82, 2.24) is 0 Å². The molecule has 32 heavy (non-hydrogen) atoms. The number of allylic oxidation sites excluding steroid dienone is 1. The van der Waals surface area contributed by atoms with Crippen LogP contribution in [0, 0.1) is 10.1 Å². The molecular weight excluding hydrogens is 414 g/mol. The Morgan fingerprint density at radius 2 is 1.56 bits per heavy atom. The van der Waals surface area contributed by atoms with Crippen LogP contribution in [0.3, 0.4) is 0 Å². The van der Waals surface area contributed by atoms with E-state index in [-0.39, 0.29) is 40.3 Å². The largest absolute Gasteiger partial charge is 0.506 e. The van der Waals surface area contributed by atoms with Crippen LogP contribution in [-0.2, 0) is 6.61 Å². The summed E-state index contributed by atoms with van der Waals surface area (Å²) >= 11 is 0. The van der Waals surface area contributed by atoms with Gasteiger partial charge in [-0.1, -0.05) is 30.3 Å². The van der Waals surface area contributed by atoms with Crippen LogP contribution in [0.15, 0.2) is 60.7 Å². The number of ether oxygens (including phenoxy) is 3. The molecule has 8 heteroatoms. The van der Waals surface area contributed by atoms with Crippen molar-refractivity contribution in [3.05, 3.63) is 93.0 Å². The molecule has 1 N–H and O–H groups in total. The summed E-state index contributed by atoms with van der Waals surface area (Å²) in [5.41, 5.74) is 0.772. The second-order valence-corrected chi connectivity index (χ2v) is 7.02. The Hall–Kier alpha value is -4.33. The molecule has 3 aromatic rings. The lowest BCUT2D eigenvalue weighted by atomic mass is 10.00. The molecular formula is C24H19NO7. The van der Waals surface area contributed by atoms with E-state index in [2.05, 4.69) is 0 Å². The van der Waals surface area contributed by atoms with Crippen molar-refractivity contribution < 1.29 is 29.0 Å². The minimum atomic E-state index is -0.603. The Bertz CT molecular complexity index is 1250. The van der Waals surface area contributed by atoms with Crippen molar-refractivity contribution in [3.8, 4) is 17.2 Å². The predicted octanol–water partition coefficient (Wildman–Crippen LogP) is 4.81. The number of carbonyl (C=O) groups excluding carboxylic acids is 1. The molecule has 0 saturated carbocycles. The topological polar surface area (TPSA) is 108 Å². The molecule has 8 nitrogen and oxygen atoms in total. The quantitative estimate of drug-likeness (QED) is 0.421. The van der Waals surface area contributed by atoms with Crippen molar-refractivity contribution in [1.29, 1.82) is 0 Å². The van der Waals surface area contributed by atoms with Crippen LogP contribution in [-0.4, -0.2) is 30.0 Å². The highest BCUT2D eigenvalue weighted by Gasteiger charge is 2.36. The van der Waals surface area contributed by atoms with Crippen molar-refractivity contribution in [2.75, 3.05) is 14.2 Å². The molecule has 4 rings (SSSR count). The Morgan fingerprint density at radius 3 is 2.19 bits per heavy atom. The van der Waals surface area contributed by atoms with Crippen LogP contribution in [0.2, 0.25) is 0 Å². The van der Waals surface area contributed by atoms with Gasteiger partial charge in [0, 0.05) is 17.2 Å². The molecule has 0 spiro atoms. The molecule has 0 bridgehead atoms. The number of hydrogen-bond donors (Lipinski definition) is 1. The van der Waals surface area contributed by atoms with E-state index >= 15 is 0 Å². The Labute approximate surface area is 183 Å². The predicted molar refractivity (Wildman–Crippen MR) is 117 cm³/mol. The number of Topliss-reactive ketones (excluding diaryl/α,β-unsaturated/α-hetero) is 1. The van der Waals surface area contributed by atoms with E-state index in [1.807, 2.05) is 30.3 Å². The number of carbonyl (C=O) groups is 1. The number of benzene rings is 3. The number of nitrogens with zero attached hydrogens (tertiary/aromatic N) is 1. The highest BCUT2D eigenvalue weighted by Crippen LogP contribution is 2.44. The number of nitro groups is 1. The number of rotatable bonds is 7. The van der Waals surface area contributed by atoms with Gasteiger partial charge in [0.25, 0.3) is 5.69 Å². The molecule has 0 aliphatic heterocycles. The molecule has 0 fully saturated rings. The third-order valence-electron chi connectivity index (χ3n) is 5.17. The molecule has 1 aliphatic rings. The number of ketones is 1. The zero-order valence-electron chi connectivity index (χ0n) is 17.3. The van der Waals surface area contributed by atoms with Crippen LogP contribution in [0.25, 0.3) is 11.3 Å². The minimum absolute atomic E-state index is 0.0304. The van der Waals surface area contributed by atoms with Gasteiger partial charge in [-0.3, -0.25) is 14.9 Å². The van der Waals surface area contributed by atoms with E-state index in [1.54, 1.807) is 0 Å². The lowest BCUT2D eigenvalue weighted by Gasteiger charge is -2.10. The maximum atomic E-state index is 13.2. The first kappa shape index (κ1) is 20.9. The second kappa shape index (κ2) is 8.43. The Kier molecular flexibility index (Phi) is 5.51. The summed E-state index contributed by atoms with van der Waals surface area (Å²) in [5.74, 6) is 0.0362. The molecule has 1 aliphatic carbocycles. The van der Waals surface area contributed by atoms with Crippen LogP contribution < -0.4 is 14.2 Å². The van der Waals surface area contributed by atoms with Gasteiger partial charge in [-0.15, -0.1) is 0 Å². The maximum Gasteiger partial charge on any atom is 0.277 e. The smallest absolute Gasteiger partial charge is 0.277 e. The van der Waals surface area contributed by atoms with E-state index in [0.29, 0.717) is 17.2 Å². The normalized spacial score (nSPS) is 12.5. The number of aliphatic hydroxyl groups is 1. The fourth-order valence-corrected chi connectivity index (χ4v) is 3.59. The number of nitro benzene ring substituents is 1. The van der Waals surface area contributed by atoms with Crippen molar-refractivity contribution in [2.45, 2.75) is 6.61 Å². The van der Waals surface area contributed by atoms with Gasteiger partial charge in [0.1, 0.15) is 18.1 Å². The average molecular weight is 433 g/mol. The monoisotopic (exact) mass is 433 g/mol. The summed E-state index contributed by atoms with van der Waals surface area (Å²) in [6, 6.07) is 16.4. The van der Waals surface area contributed by atoms with Crippen molar-refractivity contribution in [3.63, 3.8) is 0 Å². The highest BCUT2D eigenvalue weighted by molar-refractivity contribution is 6.39. The van der Waals surface area contributed by atoms with Gasteiger partial charge in [0.05, 0.1) is 30.3 Å². The molecule has 3 aromatic carbocycles. The van der Waals surface area contributed by atoms with E-state index in [1.165, 1.54) is 44.6 Å². The average Bonchev–Trinajstić information content (AvgIpc) is 3.06. The first-order valence-corrected chi connectivity index (χ1v) is 9.64. The molecule has 0 heterocycles. The molecule has 0 unspecified atom stereocenters. The first-order chi connectivity index (χ1) is 15.4. The summed E-state index contributed by atoms with van der Waals surface area (Å²) in [4.78, 5) is 24.2. The van der Waals surface area contributed by atoms with Crippen molar-refractivity contribution >= 4 is 22.8 Å². The molecule has 162 valence electrons. The third kappa shape index (κ3) is 3.62. The number of methoxy groups -OCH3 is 2. The fraction of sp³-hybridized carbons (Fsp3) is 0.125. The second-order valence-electron chi connectivity index (χ2n) is 7.02. The van der Waals surface area contributed by atoms with Gasteiger partial charge in [0.15, 0.2) is 17.3 Å². The number of aliphatic hydroxyl groups excluding tert-OH is 1. The van der Waals surface area contributed by atoms with Crippen LogP contribution in [0.4, 0.5) is 5.69 Å². The van der Waals surface area contributed by atoms with Crippen LogP contribution >= 0.6 is 0 Å². The summed E-state index contributed by atoms with van der Waals surface area (Å²) in [5, 5.41) is 22.5. The summed E-state index contributed by atoms with van der Waals surface area (Å²) in [6.07, 6.45) is 0. The molecule has 0 amide bonds. The Balaban J connectivity index is 1.77. The molecule has 0 radical (unpaired) electrons. The van der Waals surface area contributed by atoms with Gasteiger partial charge in [0.2, 0.25) is 0 Å². The molecule has 0 saturated heterocycles. The lowest BCUT2D eigenvalue weighted by Crippen LogP contribution is -2.04. The number of fused-ring (bicyclic) bond motifs is 1. The van der Waals surface area contributed by atoms with E-state index < -0.39 is 10.7 Å². The SMILES string of the molecule is COc1cc2c(cc1OC)C(O)=C(c1cc(OCc3ccccc3)ccc1[N+](=O)[O-])C2=O. The minimum Gasteiger partial charge on any atom is -0.506 e. The summed E-state index contributed by atoms with van der Waals surface area (Å²) < 4.78 is 16.2. The molecule has 0 aromatic heterocycles. The zero-order chi connectivity index (χ0) is 22.8. The van der Waals surface area contributed by atoms with Gasteiger partial charge < -0.3 is 19.3 Å². The standard InChI is InChI=1S/C24H19NO7/c1-30-20-11-16-17(12-21(20)31-2)24(27)22(23(16)26)18-10-15(8-9-19(18)25(28)29)32-13-14-6-4-3-5-7-14/h3-12,26H,13H2,1-2H3. The summed E-state index contributed by atoms with van der Waals surface area (Å²) in [7, 11) is 2.86. The first-order valence-electron chi connectivity index (χ1n) is 9.64. The van der Waals surface area contributed by atoms with E-state index in [0.717, 1.165) is 5.56 Å². The maximum absolute atomic E-state index is 13.2. The van der Waals surface area contributed by atoms with Gasteiger partial charge in [-0.2, -0.15) is 0 Å². The molecule has 0 atom stereocenters. The summed E-state index contributed by atoms with van der Waals surface area (Å²) in [6.45, 7) is 0.242. The number of hydrogen-bond acceptors (Lipinski definition) is 7. The highest BCUT2D eigenvalue weighted by atomic mass is 16.6. The Morgan fingerprint density at radius 1 is 0.906 bits per heavy atom. The fourth-order valence-electron chi connectivity index (χ4n) is 3.59. The van der Waals surface area contributed by atoms with Crippen LogP contribution in [0.1, 0.15) is 27.0 Å². The third-order valence-corrected chi connectivity index (χ3v) is 5.17. The van der Waals surface area contributed by atoms with Gasteiger partial charge in [-0.05, 0) is 29.8 Å². The lowest BCUT2D eigenvalue weighted by molar-refractivity contribution is -0.385. The van der Waals surface area contributed by atoms with Gasteiger partial charge in [-0.25, -0.2) is 0 Å². The van der Waals surface area contributed by atoms with Gasteiger partial charge >= 0.3 is 0 Å². The zero-order valence-corrected chi connectivity index (χ0v) is 17.3.